The summed E-state index contributed by atoms with van der Waals surface area (Å²) in [4.78, 5) is 31.0. The normalized spacial score (nSPS) is 11.3. The molecule has 0 spiro atoms. The van der Waals surface area contributed by atoms with E-state index < -0.39 is 5.91 Å². The third-order valence-corrected chi connectivity index (χ3v) is 8.07. The number of carbonyl (C=O) groups is 2. The van der Waals surface area contributed by atoms with Gasteiger partial charge in [-0.25, -0.2) is 0 Å². The zero-order chi connectivity index (χ0) is 34.8. The van der Waals surface area contributed by atoms with Gasteiger partial charge in [0.15, 0.2) is 11.5 Å². The highest BCUT2D eigenvalue weighted by Gasteiger charge is 2.21. The maximum Gasteiger partial charge on any atom is 0.292 e. The highest BCUT2D eigenvalue weighted by Crippen LogP contribution is 2.28. The first-order chi connectivity index (χ1) is 23.8. The van der Waals surface area contributed by atoms with Gasteiger partial charge in [-0.1, -0.05) is 36.4 Å². The average Bonchev–Trinajstić information content (AvgIpc) is 3.13. The van der Waals surface area contributed by atoms with Gasteiger partial charge in [-0.3, -0.25) is 14.6 Å². The van der Waals surface area contributed by atoms with E-state index in [2.05, 4.69) is 27.9 Å². The van der Waals surface area contributed by atoms with Crippen molar-refractivity contribution >= 4 is 39.7 Å². The first-order valence-corrected chi connectivity index (χ1v) is 15.8. The van der Waals surface area contributed by atoms with E-state index in [0.717, 1.165) is 35.0 Å². The molecule has 0 fully saturated rings. The Morgan fingerprint density at radius 1 is 0.735 bits per heavy atom. The van der Waals surface area contributed by atoms with Gasteiger partial charge >= 0.3 is 0 Å². The first-order valence-electron chi connectivity index (χ1n) is 15.8. The molecule has 2 amide bonds. The maximum absolute atomic E-state index is 13.5. The molecule has 0 aliphatic heterocycles. The largest absolute Gasteiger partial charge is 0.493 e. The Bertz CT molecular complexity index is 1930. The molecule has 252 valence electrons. The Morgan fingerprint density at radius 2 is 1.41 bits per heavy atom. The van der Waals surface area contributed by atoms with Gasteiger partial charge in [0, 0.05) is 40.1 Å². The van der Waals surface area contributed by atoms with Crippen LogP contribution in [0.3, 0.4) is 0 Å². The van der Waals surface area contributed by atoms with E-state index in [0.29, 0.717) is 34.0 Å². The van der Waals surface area contributed by atoms with Gasteiger partial charge in [0.1, 0.15) is 5.57 Å². The lowest BCUT2D eigenvalue weighted by molar-refractivity contribution is -0.111. The van der Waals surface area contributed by atoms with Gasteiger partial charge in [0.2, 0.25) is 0 Å². The number of hydrogen-bond acceptors (Lipinski definition) is 8. The minimum atomic E-state index is -0.447. The molecule has 4 aromatic carbocycles. The van der Waals surface area contributed by atoms with Gasteiger partial charge in [0.25, 0.3) is 17.8 Å². The Morgan fingerprint density at radius 3 is 2.10 bits per heavy atom. The molecule has 5 aromatic rings. The van der Waals surface area contributed by atoms with Crippen molar-refractivity contribution in [2.75, 3.05) is 45.6 Å². The number of aromatic nitrogens is 1. The molecule has 1 unspecified atom stereocenters. The molecule has 1 heterocycles. The van der Waals surface area contributed by atoms with E-state index in [1.165, 1.54) is 14.2 Å². The summed E-state index contributed by atoms with van der Waals surface area (Å²) in [6.07, 6.45) is 2.44. The Labute approximate surface area is 286 Å². The lowest BCUT2D eigenvalue weighted by atomic mass is 10.0. The second-order valence-corrected chi connectivity index (χ2v) is 11.2. The lowest BCUT2D eigenvalue weighted by Crippen LogP contribution is -2.21. The van der Waals surface area contributed by atoms with Crippen molar-refractivity contribution in [3.63, 3.8) is 0 Å². The summed E-state index contributed by atoms with van der Waals surface area (Å²) in [5.74, 6) is 0.766. The van der Waals surface area contributed by atoms with Crippen molar-refractivity contribution < 1.29 is 28.5 Å². The lowest BCUT2D eigenvalue weighted by Gasteiger charge is -2.16. The number of anilines is 2. The van der Waals surface area contributed by atoms with Crippen LogP contribution in [0.15, 0.2) is 109 Å². The number of carbonyl (C=O) groups excluding carboxylic acids is 2. The van der Waals surface area contributed by atoms with Crippen LogP contribution in [0.2, 0.25) is 0 Å². The fourth-order valence-corrected chi connectivity index (χ4v) is 5.38. The monoisotopic (exact) mass is 660 g/mol. The molecular formula is C39H40N4O6. The van der Waals surface area contributed by atoms with Crippen LogP contribution in [0.5, 0.6) is 11.5 Å². The van der Waals surface area contributed by atoms with E-state index in [1.54, 1.807) is 44.7 Å². The number of fused-ring (bicyclic) bond motifs is 1. The third kappa shape index (κ3) is 8.54. The quantitative estimate of drug-likeness (QED) is 0.0861. The van der Waals surface area contributed by atoms with Crippen LogP contribution in [0.1, 0.15) is 40.0 Å². The molecule has 0 saturated heterocycles. The SMILES string of the molecule is COC(OC)=C(C(=O)Nc1ccc(C(=O)Nc2ccc(C(C)NCCc3ccc(OC)c(OC)c3)cc2)cc1)c1cnc2ccccc2c1. The Kier molecular flexibility index (Phi) is 11.5. The highest BCUT2D eigenvalue weighted by atomic mass is 16.7. The number of rotatable bonds is 14. The number of benzene rings is 4. The summed E-state index contributed by atoms with van der Waals surface area (Å²) in [7, 11) is 6.12. The number of nitrogens with zero attached hydrogens (tertiary/aromatic N) is 1. The predicted octanol–water partition coefficient (Wildman–Crippen LogP) is 7.00. The third-order valence-electron chi connectivity index (χ3n) is 8.07. The first kappa shape index (κ1) is 34.5. The van der Waals surface area contributed by atoms with Crippen molar-refractivity contribution in [2.24, 2.45) is 0 Å². The number of pyridine rings is 1. The number of hydrogen-bond donors (Lipinski definition) is 3. The van der Waals surface area contributed by atoms with Gasteiger partial charge < -0.3 is 34.9 Å². The number of nitrogens with one attached hydrogen (secondary N) is 3. The second-order valence-electron chi connectivity index (χ2n) is 11.2. The Balaban J connectivity index is 1.17. The van der Waals surface area contributed by atoms with Gasteiger partial charge in [-0.05, 0) is 91.7 Å². The smallest absolute Gasteiger partial charge is 0.292 e. The zero-order valence-electron chi connectivity index (χ0n) is 28.2. The molecule has 49 heavy (non-hydrogen) atoms. The van der Waals surface area contributed by atoms with Crippen LogP contribution < -0.4 is 25.4 Å². The van der Waals surface area contributed by atoms with E-state index in [4.69, 9.17) is 18.9 Å². The molecule has 0 aliphatic rings. The van der Waals surface area contributed by atoms with Gasteiger partial charge in [-0.2, -0.15) is 0 Å². The second kappa shape index (κ2) is 16.3. The molecule has 0 saturated carbocycles. The number of methoxy groups -OCH3 is 4. The van der Waals surface area contributed by atoms with Gasteiger partial charge in [0.05, 0.1) is 34.0 Å². The number of ether oxygens (including phenoxy) is 4. The summed E-state index contributed by atoms with van der Waals surface area (Å²) in [5.41, 5.74) is 5.40. The van der Waals surface area contributed by atoms with Crippen LogP contribution in [-0.4, -0.2) is 51.8 Å². The maximum atomic E-state index is 13.5. The molecule has 1 atom stereocenters. The van der Waals surface area contributed by atoms with Crippen LogP contribution in [-0.2, 0) is 20.7 Å². The Hall–Kier alpha value is -5.87. The molecular weight excluding hydrogens is 620 g/mol. The van der Waals surface area contributed by atoms with Gasteiger partial charge in [-0.15, -0.1) is 0 Å². The summed E-state index contributed by atoms with van der Waals surface area (Å²) >= 11 is 0. The van der Waals surface area contributed by atoms with Crippen LogP contribution in [0.25, 0.3) is 16.5 Å². The summed E-state index contributed by atoms with van der Waals surface area (Å²) in [6, 6.07) is 29.9. The minimum Gasteiger partial charge on any atom is -0.493 e. The molecule has 10 heteroatoms. The fourth-order valence-electron chi connectivity index (χ4n) is 5.38. The van der Waals surface area contributed by atoms with E-state index in [9.17, 15) is 9.59 Å². The average molecular weight is 661 g/mol. The van der Waals surface area contributed by atoms with Crippen molar-refractivity contribution in [3.8, 4) is 11.5 Å². The predicted molar refractivity (Wildman–Crippen MR) is 192 cm³/mol. The number of amides is 2. The molecule has 0 bridgehead atoms. The molecule has 1 aromatic heterocycles. The van der Waals surface area contributed by atoms with E-state index in [-0.39, 0.29) is 23.5 Å². The number of para-hydroxylation sites is 1. The summed E-state index contributed by atoms with van der Waals surface area (Å²) in [5, 5.41) is 10.2. The summed E-state index contributed by atoms with van der Waals surface area (Å²) < 4.78 is 21.5. The summed E-state index contributed by atoms with van der Waals surface area (Å²) in [6.45, 7) is 2.88. The topological polar surface area (TPSA) is 120 Å². The fraction of sp³-hybridized carbons (Fsp3) is 0.205. The van der Waals surface area contributed by atoms with E-state index >= 15 is 0 Å². The molecule has 3 N–H and O–H groups in total. The van der Waals surface area contributed by atoms with Crippen molar-refractivity contribution in [1.29, 1.82) is 0 Å². The van der Waals surface area contributed by atoms with Crippen LogP contribution >= 0.6 is 0 Å². The van der Waals surface area contributed by atoms with Crippen LogP contribution in [0, 0.1) is 0 Å². The standard InChI is InChI=1S/C39H40N4O6/c1-25(40-21-20-26-10-19-34(46-2)35(22-26)47-3)27-11-15-31(16-12-27)42-37(44)28-13-17-32(18-14-28)43-38(45)36(39(48-4)49-5)30-23-29-8-6-7-9-33(29)41-24-30/h6-19,22-25,40H,20-21H2,1-5H3,(H,42,44)(H,43,45). The van der Waals surface area contributed by atoms with Crippen molar-refractivity contribution in [1.82, 2.24) is 10.3 Å². The van der Waals surface area contributed by atoms with Crippen molar-refractivity contribution in [3.05, 3.63) is 131 Å². The minimum absolute atomic E-state index is 0.0522. The highest BCUT2D eigenvalue weighted by molar-refractivity contribution is 6.25. The zero-order valence-corrected chi connectivity index (χ0v) is 28.2. The van der Waals surface area contributed by atoms with Crippen LogP contribution in [0.4, 0.5) is 11.4 Å². The van der Waals surface area contributed by atoms with E-state index in [1.807, 2.05) is 72.8 Å². The molecule has 5 rings (SSSR count). The molecule has 0 aliphatic carbocycles. The van der Waals surface area contributed by atoms with Crippen molar-refractivity contribution in [2.45, 2.75) is 19.4 Å². The molecule has 10 nitrogen and oxygen atoms in total. The molecule has 0 radical (unpaired) electrons.